The van der Waals surface area contributed by atoms with Crippen LogP contribution in [0.2, 0.25) is 0 Å². The Morgan fingerprint density at radius 3 is 2.78 bits per heavy atom. The van der Waals surface area contributed by atoms with Gasteiger partial charge in [-0.05, 0) is 37.5 Å². The van der Waals surface area contributed by atoms with Gasteiger partial charge in [0.05, 0.1) is 5.71 Å². The Kier molecular flexibility index (Phi) is 3.03. The van der Waals surface area contributed by atoms with Crippen molar-refractivity contribution in [2.45, 2.75) is 52.4 Å². The Balaban J connectivity index is 1.77. The summed E-state index contributed by atoms with van der Waals surface area (Å²) in [6.45, 7) is 4.24. The van der Waals surface area contributed by atoms with Crippen LogP contribution in [0.3, 0.4) is 0 Å². The number of piperidine rings is 1. The first kappa shape index (κ1) is 14.9. The molecule has 1 amide bonds. The van der Waals surface area contributed by atoms with Crippen molar-refractivity contribution in [2.75, 3.05) is 0 Å². The topological polar surface area (TPSA) is 78.8 Å². The van der Waals surface area contributed by atoms with Crippen molar-refractivity contribution in [2.24, 2.45) is 33.7 Å². The second-order valence-electron chi connectivity index (χ2n) is 8.21. The molecule has 0 aromatic carbocycles. The SMILES string of the molecule is CC12CCC(=O)NC1=CCC1C2C(=O)CC2(C)/C(=N/O)CCC12. The number of hydrogen-bond acceptors (Lipinski definition) is 4. The summed E-state index contributed by atoms with van der Waals surface area (Å²) in [6, 6.07) is 0. The predicted molar refractivity (Wildman–Crippen MR) is 84.8 cm³/mol. The summed E-state index contributed by atoms with van der Waals surface area (Å²) < 4.78 is 0. The number of oxime groups is 1. The quantitative estimate of drug-likeness (QED) is 0.532. The smallest absolute Gasteiger partial charge is 0.224 e. The minimum absolute atomic E-state index is 0.0146. The minimum atomic E-state index is -0.285. The van der Waals surface area contributed by atoms with E-state index in [0.717, 1.165) is 37.1 Å². The molecule has 5 unspecified atom stereocenters. The number of Topliss-reactive ketones (excluding diaryl/α,β-unsaturated/α-hetero) is 1. The zero-order valence-corrected chi connectivity index (χ0v) is 13.8. The van der Waals surface area contributed by atoms with E-state index in [2.05, 4.69) is 30.4 Å². The number of carbonyl (C=O) groups is 2. The van der Waals surface area contributed by atoms with Crippen molar-refractivity contribution in [3.05, 3.63) is 11.8 Å². The van der Waals surface area contributed by atoms with Gasteiger partial charge in [0.1, 0.15) is 5.78 Å². The lowest BCUT2D eigenvalue weighted by Crippen LogP contribution is -2.57. The molecule has 1 saturated heterocycles. The highest BCUT2D eigenvalue weighted by Crippen LogP contribution is 2.61. The van der Waals surface area contributed by atoms with Gasteiger partial charge < -0.3 is 10.5 Å². The summed E-state index contributed by atoms with van der Waals surface area (Å²) in [7, 11) is 0. The summed E-state index contributed by atoms with van der Waals surface area (Å²) in [5, 5.41) is 15.9. The molecule has 2 saturated carbocycles. The standard InChI is InChI=1S/C18H24N2O3/c1-17-8-7-15(22)19-13(17)5-3-10-11-4-6-14(20-23)18(11,2)9-12(21)16(10)17/h5,10-11,16,23H,3-4,6-9H2,1-2H3,(H,19,22)/b20-14+. The molecule has 124 valence electrons. The maximum Gasteiger partial charge on any atom is 0.224 e. The van der Waals surface area contributed by atoms with Gasteiger partial charge >= 0.3 is 0 Å². The minimum Gasteiger partial charge on any atom is -0.411 e. The third-order valence-electron chi connectivity index (χ3n) is 7.17. The summed E-state index contributed by atoms with van der Waals surface area (Å²) in [6.07, 6.45) is 6.48. The molecule has 0 spiro atoms. The highest BCUT2D eigenvalue weighted by atomic mass is 16.4. The van der Waals surface area contributed by atoms with Gasteiger partial charge in [0.2, 0.25) is 5.91 Å². The van der Waals surface area contributed by atoms with Crippen molar-refractivity contribution in [3.63, 3.8) is 0 Å². The van der Waals surface area contributed by atoms with Gasteiger partial charge in [0.25, 0.3) is 0 Å². The molecule has 0 radical (unpaired) electrons. The van der Waals surface area contributed by atoms with Crippen LogP contribution in [0.4, 0.5) is 0 Å². The van der Waals surface area contributed by atoms with Crippen LogP contribution in [0.15, 0.2) is 16.9 Å². The fraction of sp³-hybridized carbons (Fsp3) is 0.722. The summed E-state index contributed by atoms with van der Waals surface area (Å²) in [5.74, 6) is 1.02. The fourth-order valence-corrected chi connectivity index (χ4v) is 5.99. The molecule has 3 fully saturated rings. The first-order valence-electron chi connectivity index (χ1n) is 8.65. The van der Waals surface area contributed by atoms with Crippen LogP contribution in [0.1, 0.15) is 52.4 Å². The van der Waals surface area contributed by atoms with E-state index in [4.69, 9.17) is 0 Å². The third-order valence-corrected chi connectivity index (χ3v) is 7.17. The van der Waals surface area contributed by atoms with Crippen molar-refractivity contribution in [1.82, 2.24) is 5.32 Å². The summed E-state index contributed by atoms with van der Waals surface area (Å²) in [4.78, 5) is 24.8. The van der Waals surface area contributed by atoms with Gasteiger partial charge in [-0.1, -0.05) is 25.1 Å². The molecule has 5 nitrogen and oxygen atoms in total. The maximum atomic E-state index is 13.1. The lowest BCUT2D eigenvalue weighted by Gasteiger charge is -2.55. The van der Waals surface area contributed by atoms with Gasteiger partial charge in [0, 0.05) is 35.3 Å². The van der Waals surface area contributed by atoms with E-state index in [1.54, 1.807) is 0 Å². The van der Waals surface area contributed by atoms with E-state index < -0.39 is 0 Å². The van der Waals surface area contributed by atoms with Gasteiger partial charge in [-0.25, -0.2) is 0 Å². The zero-order valence-electron chi connectivity index (χ0n) is 13.8. The molecule has 3 aliphatic carbocycles. The number of rotatable bonds is 0. The van der Waals surface area contributed by atoms with E-state index in [-0.39, 0.29) is 28.4 Å². The molecule has 0 aromatic heterocycles. The monoisotopic (exact) mass is 316 g/mol. The first-order valence-corrected chi connectivity index (χ1v) is 8.65. The lowest BCUT2D eigenvalue weighted by molar-refractivity contribution is -0.142. The lowest BCUT2D eigenvalue weighted by atomic mass is 9.49. The fourth-order valence-electron chi connectivity index (χ4n) is 5.99. The number of nitrogens with one attached hydrogen (secondary N) is 1. The van der Waals surface area contributed by atoms with Crippen LogP contribution < -0.4 is 5.32 Å². The van der Waals surface area contributed by atoms with Gasteiger partial charge in [-0.15, -0.1) is 0 Å². The molecule has 23 heavy (non-hydrogen) atoms. The van der Waals surface area contributed by atoms with Gasteiger partial charge in [-0.2, -0.15) is 0 Å². The number of hydrogen-bond donors (Lipinski definition) is 2. The number of carbonyl (C=O) groups excluding carboxylic acids is 2. The second-order valence-corrected chi connectivity index (χ2v) is 8.21. The van der Waals surface area contributed by atoms with Crippen LogP contribution in [0.5, 0.6) is 0 Å². The van der Waals surface area contributed by atoms with Crippen LogP contribution >= 0.6 is 0 Å². The van der Waals surface area contributed by atoms with E-state index >= 15 is 0 Å². The summed E-state index contributed by atoms with van der Waals surface area (Å²) in [5.41, 5.74) is 1.23. The highest BCUT2D eigenvalue weighted by Gasteiger charge is 2.61. The molecule has 1 heterocycles. The predicted octanol–water partition coefficient (Wildman–Crippen LogP) is 2.64. The number of ketones is 1. The molecule has 2 N–H and O–H groups in total. The number of allylic oxidation sites excluding steroid dienone is 2. The molecular formula is C18H24N2O3. The molecule has 0 bridgehead atoms. The Morgan fingerprint density at radius 2 is 2.04 bits per heavy atom. The van der Waals surface area contributed by atoms with Crippen LogP contribution in [-0.4, -0.2) is 22.6 Å². The first-order chi connectivity index (χ1) is 10.9. The third kappa shape index (κ3) is 1.82. The van der Waals surface area contributed by atoms with Crippen LogP contribution in [0, 0.1) is 28.6 Å². The van der Waals surface area contributed by atoms with Crippen LogP contribution in [-0.2, 0) is 9.59 Å². The molecule has 5 heteroatoms. The number of amides is 1. The zero-order chi connectivity index (χ0) is 16.4. The van der Waals surface area contributed by atoms with E-state index in [1.807, 2.05) is 0 Å². The van der Waals surface area contributed by atoms with Crippen molar-refractivity contribution < 1.29 is 14.8 Å². The normalized spacial score (nSPS) is 47.5. The average molecular weight is 316 g/mol. The van der Waals surface area contributed by atoms with E-state index in [1.165, 1.54) is 0 Å². The molecule has 0 aromatic rings. The van der Waals surface area contributed by atoms with Crippen LogP contribution in [0.25, 0.3) is 0 Å². The molecular weight excluding hydrogens is 292 g/mol. The number of fused-ring (bicyclic) bond motifs is 5. The highest BCUT2D eigenvalue weighted by molar-refractivity contribution is 5.98. The molecule has 1 aliphatic heterocycles. The maximum absolute atomic E-state index is 13.1. The Morgan fingerprint density at radius 1 is 1.26 bits per heavy atom. The molecule has 4 rings (SSSR count). The summed E-state index contributed by atoms with van der Waals surface area (Å²) >= 11 is 0. The Labute approximate surface area is 136 Å². The van der Waals surface area contributed by atoms with Gasteiger partial charge in [0.15, 0.2) is 0 Å². The average Bonchev–Trinajstić information content (AvgIpc) is 2.83. The van der Waals surface area contributed by atoms with E-state index in [9.17, 15) is 14.8 Å². The Hall–Kier alpha value is -1.65. The van der Waals surface area contributed by atoms with E-state index in [0.29, 0.717) is 24.7 Å². The van der Waals surface area contributed by atoms with Gasteiger partial charge in [-0.3, -0.25) is 9.59 Å². The second kappa shape index (κ2) is 4.68. The largest absolute Gasteiger partial charge is 0.411 e. The van der Waals surface area contributed by atoms with Crippen molar-refractivity contribution >= 4 is 17.4 Å². The molecule has 5 atom stereocenters. The van der Waals surface area contributed by atoms with Crippen molar-refractivity contribution in [1.29, 1.82) is 0 Å². The molecule has 4 aliphatic rings. The Bertz CT molecular complexity index is 653. The van der Waals surface area contributed by atoms with Crippen molar-refractivity contribution in [3.8, 4) is 0 Å². The number of nitrogens with zero attached hydrogens (tertiary/aromatic N) is 1.